The topological polar surface area (TPSA) is 49.7 Å². The SMILES string of the molecule is O=NC(c1ccccc1)c1sc2ccccc2c1O. The van der Waals surface area contributed by atoms with Gasteiger partial charge in [-0.1, -0.05) is 47.6 Å². The molecule has 0 amide bonds. The number of hydrogen-bond acceptors (Lipinski definition) is 4. The lowest BCUT2D eigenvalue weighted by Gasteiger charge is -2.07. The molecule has 0 spiro atoms. The van der Waals surface area contributed by atoms with Gasteiger partial charge in [0.25, 0.3) is 0 Å². The van der Waals surface area contributed by atoms with Crippen LogP contribution in [0.25, 0.3) is 10.1 Å². The van der Waals surface area contributed by atoms with Gasteiger partial charge in [0.2, 0.25) is 0 Å². The Balaban J connectivity index is 2.17. The van der Waals surface area contributed by atoms with Crippen LogP contribution in [0.1, 0.15) is 16.5 Å². The lowest BCUT2D eigenvalue weighted by atomic mass is 10.1. The maximum absolute atomic E-state index is 11.2. The van der Waals surface area contributed by atoms with Crippen LogP contribution in [-0.2, 0) is 0 Å². The van der Waals surface area contributed by atoms with Gasteiger partial charge >= 0.3 is 0 Å². The Kier molecular flexibility index (Phi) is 3.01. The van der Waals surface area contributed by atoms with Crippen LogP contribution in [-0.4, -0.2) is 5.11 Å². The van der Waals surface area contributed by atoms with Crippen molar-refractivity contribution in [1.29, 1.82) is 0 Å². The molecule has 1 unspecified atom stereocenters. The predicted molar refractivity (Wildman–Crippen MR) is 77.6 cm³/mol. The van der Waals surface area contributed by atoms with Crippen LogP contribution >= 0.6 is 11.3 Å². The molecule has 3 rings (SSSR count). The van der Waals surface area contributed by atoms with E-state index in [1.54, 1.807) is 0 Å². The number of hydrogen-bond donors (Lipinski definition) is 1. The van der Waals surface area contributed by atoms with Gasteiger partial charge in [-0.3, -0.25) is 0 Å². The van der Waals surface area contributed by atoms with E-state index in [0.29, 0.717) is 4.88 Å². The molecule has 0 aliphatic rings. The smallest absolute Gasteiger partial charge is 0.155 e. The van der Waals surface area contributed by atoms with Gasteiger partial charge in [-0.2, -0.15) is 0 Å². The van der Waals surface area contributed by atoms with E-state index in [2.05, 4.69) is 5.18 Å². The van der Waals surface area contributed by atoms with Gasteiger partial charge in [-0.05, 0) is 17.7 Å². The third-order valence-electron chi connectivity index (χ3n) is 3.06. The summed E-state index contributed by atoms with van der Waals surface area (Å²) in [6.07, 6.45) is 0. The van der Waals surface area contributed by atoms with Crippen molar-refractivity contribution in [1.82, 2.24) is 0 Å². The average molecular weight is 269 g/mol. The van der Waals surface area contributed by atoms with Crippen LogP contribution in [0, 0.1) is 4.91 Å². The van der Waals surface area contributed by atoms with E-state index in [0.717, 1.165) is 15.6 Å². The number of nitrogens with zero attached hydrogens (tertiary/aromatic N) is 1. The van der Waals surface area contributed by atoms with Gasteiger partial charge in [0.1, 0.15) is 5.75 Å². The molecule has 0 bridgehead atoms. The van der Waals surface area contributed by atoms with Crippen molar-refractivity contribution in [2.45, 2.75) is 6.04 Å². The molecule has 0 radical (unpaired) electrons. The fourth-order valence-corrected chi connectivity index (χ4v) is 3.29. The summed E-state index contributed by atoms with van der Waals surface area (Å²) in [5, 5.41) is 14.2. The lowest BCUT2D eigenvalue weighted by Crippen LogP contribution is -1.94. The lowest BCUT2D eigenvalue weighted by molar-refractivity contribution is 0.475. The van der Waals surface area contributed by atoms with Crippen molar-refractivity contribution < 1.29 is 5.11 Å². The normalized spacial score (nSPS) is 12.4. The largest absolute Gasteiger partial charge is 0.506 e. The quantitative estimate of drug-likeness (QED) is 0.713. The summed E-state index contributed by atoms with van der Waals surface area (Å²) < 4.78 is 0.958. The maximum atomic E-state index is 11.2. The van der Waals surface area contributed by atoms with Crippen molar-refractivity contribution in [2.75, 3.05) is 0 Å². The minimum absolute atomic E-state index is 0.161. The van der Waals surface area contributed by atoms with Crippen molar-refractivity contribution in [3.05, 3.63) is 69.9 Å². The number of nitroso groups, excluding NO2 is 1. The number of thiophene rings is 1. The Hall–Kier alpha value is -2.20. The van der Waals surface area contributed by atoms with E-state index in [9.17, 15) is 10.0 Å². The zero-order valence-electron chi connectivity index (χ0n) is 9.98. The molecule has 4 heteroatoms. The highest BCUT2D eigenvalue weighted by Crippen LogP contribution is 2.43. The Morgan fingerprint density at radius 3 is 2.37 bits per heavy atom. The molecule has 0 saturated carbocycles. The van der Waals surface area contributed by atoms with E-state index in [1.807, 2.05) is 54.6 Å². The first kappa shape index (κ1) is 11.9. The Labute approximate surface area is 114 Å². The van der Waals surface area contributed by atoms with Gasteiger partial charge in [0.05, 0.1) is 4.88 Å². The number of aromatic hydroxyl groups is 1. The third kappa shape index (κ3) is 2.00. The van der Waals surface area contributed by atoms with E-state index < -0.39 is 6.04 Å². The molecule has 3 aromatic rings. The zero-order valence-corrected chi connectivity index (χ0v) is 10.8. The highest BCUT2D eigenvalue weighted by molar-refractivity contribution is 7.19. The maximum Gasteiger partial charge on any atom is 0.155 e. The summed E-state index contributed by atoms with van der Waals surface area (Å²) in [6, 6.07) is 16.2. The van der Waals surface area contributed by atoms with E-state index in [1.165, 1.54) is 11.3 Å². The first-order valence-electron chi connectivity index (χ1n) is 5.89. The molecule has 1 N–H and O–H groups in total. The average Bonchev–Trinajstić information content (AvgIpc) is 2.79. The van der Waals surface area contributed by atoms with Crippen LogP contribution in [0.15, 0.2) is 59.8 Å². The number of benzene rings is 2. The van der Waals surface area contributed by atoms with Gasteiger partial charge in [-0.25, -0.2) is 0 Å². The Morgan fingerprint density at radius 2 is 1.68 bits per heavy atom. The predicted octanol–water partition coefficient (Wildman–Crippen LogP) is 4.46. The van der Waals surface area contributed by atoms with Crippen LogP contribution < -0.4 is 0 Å². The minimum atomic E-state index is -0.654. The molecule has 94 valence electrons. The minimum Gasteiger partial charge on any atom is -0.506 e. The molecule has 1 atom stereocenters. The molecule has 2 aromatic carbocycles. The molecule has 0 fully saturated rings. The zero-order chi connectivity index (χ0) is 13.2. The molecule has 1 aromatic heterocycles. The summed E-state index contributed by atoms with van der Waals surface area (Å²) in [6.45, 7) is 0. The van der Waals surface area contributed by atoms with Gasteiger partial charge in [0, 0.05) is 10.1 Å². The summed E-state index contributed by atoms with van der Waals surface area (Å²) in [7, 11) is 0. The highest BCUT2D eigenvalue weighted by atomic mass is 32.1. The summed E-state index contributed by atoms with van der Waals surface area (Å²) in [5.74, 6) is 0.161. The second kappa shape index (κ2) is 4.82. The van der Waals surface area contributed by atoms with Crippen LogP contribution in [0.4, 0.5) is 0 Å². The highest BCUT2D eigenvalue weighted by Gasteiger charge is 2.22. The van der Waals surface area contributed by atoms with Gasteiger partial charge in [-0.15, -0.1) is 16.2 Å². The second-order valence-corrected chi connectivity index (χ2v) is 5.31. The second-order valence-electron chi connectivity index (χ2n) is 4.23. The Morgan fingerprint density at radius 1 is 1.00 bits per heavy atom. The fraction of sp³-hybridized carbons (Fsp3) is 0.0667. The molecule has 1 heterocycles. The summed E-state index contributed by atoms with van der Waals surface area (Å²) in [4.78, 5) is 11.8. The molecule has 0 aliphatic carbocycles. The van der Waals surface area contributed by atoms with E-state index in [-0.39, 0.29) is 5.75 Å². The number of fused-ring (bicyclic) bond motifs is 1. The fourth-order valence-electron chi connectivity index (χ4n) is 2.13. The number of rotatable bonds is 3. The molecular formula is C15H11NO2S. The van der Waals surface area contributed by atoms with Crippen LogP contribution in [0.5, 0.6) is 5.75 Å². The first-order chi connectivity index (χ1) is 9.31. The van der Waals surface area contributed by atoms with Crippen LogP contribution in [0.3, 0.4) is 0 Å². The molecule has 0 saturated heterocycles. The van der Waals surface area contributed by atoms with Crippen molar-refractivity contribution >= 4 is 21.4 Å². The summed E-state index contributed by atoms with van der Waals surface area (Å²) >= 11 is 1.41. The van der Waals surface area contributed by atoms with Gasteiger partial charge in [0.15, 0.2) is 6.04 Å². The monoisotopic (exact) mass is 269 g/mol. The molecule has 19 heavy (non-hydrogen) atoms. The van der Waals surface area contributed by atoms with Crippen molar-refractivity contribution in [3.8, 4) is 5.75 Å². The Bertz CT molecular complexity index is 721. The molecular weight excluding hydrogens is 258 g/mol. The van der Waals surface area contributed by atoms with Gasteiger partial charge < -0.3 is 5.11 Å². The van der Waals surface area contributed by atoms with Crippen molar-refractivity contribution in [3.63, 3.8) is 0 Å². The van der Waals surface area contributed by atoms with E-state index in [4.69, 9.17) is 0 Å². The first-order valence-corrected chi connectivity index (χ1v) is 6.70. The standard InChI is InChI=1S/C15H11NO2S/c17-14-11-8-4-5-9-12(11)19-15(14)13(16-18)10-6-2-1-3-7-10/h1-9,13,17H. The van der Waals surface area contributed by atoms with Crippen molar-refractivity contribution in [2.24, 2.45) is 5.18 Å². The third-order valence-corrected chi connectivity index (χ3v) is 4.28. The molecule has 0 aliphatic heterocycles. The summed E-state index contributed by atoms with van der Waals surface area (Å²) in [5.41, 5.74) is 0.791. The van der Waals surface area contributed by atoms with Crippen LogP contribution in [0.2, 0.25) is 0 Å². The molecule has 3 nitrogen and oxygen atoms in total. The van der Waals surface area contributed by atoms with E-state index >= 15 is 0 Å².